The molecule has 0 spiro atoms. The van der Waals surface area contributed by atoms with Crippen molar-refractivity contribution in [2.75, 3.05) is 37.4 Å². The summed E-state index contributed by atoms with van der Waals surface area (Å²) in [6, 6.07) is 0.889. The van der Waals surface area contributed by atoms with E-state index in [2.05, 4.69) is 23.8 Å². The minimum Gasteiger partial charge on any atom is -0.477 e. The summed E-state index contributed by atoms with van der Waals surface area (Å²) >= 11 is 0. The molecule has 190 valence electrons. The van der Waals surface area contributed by atoms with Crippen LogP contribution in [0.25, 0.3) is 10.9 Å². The Balaban J connectivity index is 0.00000141. The second-order valence-corrected chi connectivity index (χ2v) is 12.4. The van der Waals surface area contributed by atoms with Crippen LogP contribution in [0.4, 0.5) is 14.5 Å². The zero-order valence-electron chi connectivity index (χ0n) is 19.5. The molecule has 2 N–H and O–H groups in total. The number of hydrogen-bond donors (Lipinski definition) is 2. The fourth-order valence-corrected chi connectivity index (χ4v) is 6.12. The number of fused-ring (bicyclic) bond motifs is 2. The highest BCUT2D eigenvalue weighted by Crippen LogP contribution is 2.44. The maximum Gasteiger partial charge on any atom is 0.341 e. The predicted octanol–water partition coefficient (Wildman–Crippen LogP) is 4.19. The zero-order chi connectivity index (χ0) is 25.5. The first-order valence-corrected chi connectivity index (χ1v) is 14.4. The Morgan fingerprint density at radius 3 is 2.71 bits per heavy atom. The Bertz CT molecular complexity index is 1250. The van der Waals surface area contributed by atoms with E-state index < -0.39 is 34.2 Å². The zero-order valence-corrected chi connectivity index (χ0v) is 21.2. The van der Waals surface area contributed by atoms with Crippen LogP contribution in [-0.2, 0) is 4.74 Å². The number of nitrogens with one attached hydrogen (secondary N) is 1. The molecule has 3 unspecified atom stereocenters. The van der Waals surface area contributed by atoms with Gasteiger partial charge in [0.2, 0.25) is 5.43 Å². The Morgan fingerprint density at radius 1 is 1.37 bits per heavy atom. The Labute approximate surface area is 208 Å². The molecule has 1 aromatic carbocycles. The number of hydrogen-bond acceptors (Lipinski definition) is 6. The summed E-state index contributed by atoms with van der Waals surface area (Å²) in [4.78, 5) is 25.9. The number of ether oxygens (including phenoxy) is 1. The molecule has 3 heterocycles. The van der Waals surface area contributed by atoms with Crippen LogP contribution in [-0.4, -0.2) is 59.6 Å². The summed E-state index contributed by atoms with van der Waals surface area (Å²) in [5, 5.41) is 9.17. The second-order valence-electron chi connectivity index (χ2n) is 8.85. The number of aromatic carboxylic acids is 1. The van der Waals surface area contributed by atoms with Gasteiger partial charge in [0.15, 0.2) is 5.82 Å². The molecule has 7 nitrogen and oxygen atoms in total. The number of rotatable bonds is 7. The lowest BCUT2D eigenvalue weighted by molar-refractivity contribution is 0.0102. The number of nitrogens with zero attached hydrogens (tertiary/aromatic N) is 2. The van der Waals surface area contributed by atoms with Gasteiger partial charge in [-0.3, -0.25) is 9.52 Å². The first-order valence-electron chi connectivity index (χ1n) is 11.3. The molecule has 3 atom stereocenters. The first kappa shape index (κ1) is 25.9. The third kappa shape index (κ3) is 4.54. The number of anilines is 1. The van der Waals surface area contributed by atoms with E-state index in [1.165, 1.54) is 10.8 Å². The predicted molar refractivity (Wildman–Crippen MR) is 140 cm³/mol. The smallest absolute Gasteiger partial charge is 0.341 e. The van der Waals surface area contributed by atoms with Gasteiger partial charge < -0.3 is 19.3 Å². The molecular formula is C24H29F2N3O4S2. The molecule has 3 fully saturated rings. The van der Waals surface area contributed by atoms with E-state index in [9.17, 15) is 14.7 Å². The van der Waals surface area contributed by atoms with Gasteiger partial charge in [-0.1, -0.05) is 26.4 Å². The van der Waals surface area contributed by atoms with Gasteiger partial charge in [0.1, 0.15) is 22.7 Å². The lowest BCUT2D eigenvalue weighted by Crippen LogP contribution is -2.45. The number of halogens is 2. The van der Waals surface area contributed by atoms with E-state index in [0.717, 1.165) is 25.3 Å². The third-order valence-corrected chi connectivity index (χ3v) is 9.33. The summed E-state index contributed by atoms with van der Waals surface area (Å²) in [6.45, 7) is 7.89. The van der Waals surface area contributed by atoms with Gasteiger partial charge in [-0.2, -0.15) is 0 Å². The van der Waals surface area contributed by atoms with Crippen molar-refractivity contribution in [3.63, 3.8) is 0 Å². The van der Waals surface area contributed by atoms with Crippen LogP contribution in [0.15, 0.2) is 30.2 Å². The lowest BCUT2D eigenvalue weighted by atomic mass is 9.91. The SMILES string of the molecule is C=C.C=S(NCC12CN(c3c(F)cc4c(=O)c(C(=O)O)cn(C5CC5)c4c3F)CC1CCO2)SC. The molecule has 2 saturated heterocycles. The summed E-state index contributed by atoms with van der Waals surface area (Å²) in [7, 11) is 1.30. The minimum atomic E-state index is -1.41. The molecule has 11 heteroatoms. The molecule has 1 saturated carbocycles. The van der Waals surface area contributed by atoms with Crippen LogP contribution in [0, 0.1) is 17.6 Å². The average Bonchev–Trinajstić information content (AvgIpc) is 3.52. The van der Waals surface area contributed by atoms with E-state index >= 15 is 8.78 Å². The second kappa shape index (κ2) is 10.0. The van der Waals surface area contributed by atoms with Gasteiger partial charge in [0.05, 0.1) is 10.9 Å². The Hall–Kier alpha value is -2.21. The van der Waals surface area contributed by atoms with Crippen molar-refractivity contribution in [2.24, 2.45) is 5.92 Å². The standard InChI is InChI=1S/C22H25F2N3O4S2.C2H4/c1-32-33(2)25-10-22-11-26(8-12(22)5-6-31-22)19-16(23)7-14-18(17(19)24)27(13-3-4-13)9-15(20(14)28)21(29)30;1-2/h7,9,12-13,25H,2-6,8,10-11H2,1H3,(H,29,30);1-2H2. The molecule has 0 amide bonds. The van der Waals surface area contributed by atoms with Gasteiger partial charge in [0, 0.05) is 44.4 Å². The van der Waals surface area contributed by atoms with Crippen molar-refractivity contribution in [1.82, 2.24) is 9.29 Å². The lowest BCUT2D eigenvalue weighted by Gasteiger charge is -2.29. The van der Waals surface area contributed by atoms with E-state index in [4.69, 9.17) is 4.74 Å². The molecule has 2 aromatic rings. The highest BCUT2D eigenvalue weighted by molar-refractivity contribution is 8.82. The maximum atomic E-state index is 16.0. The van der Waals surface area contributed by atoms with Crippen LogP contribution in [0.5, 0.6) is 0 Å². The van der Waals surface area contributed by atoms with Gasteiger partial charge >= 0.3 is 5.97 Å². The van der Waals surface area contributed by atoms with Gasteiger partial charge in [-0.05, 0) is 31.6 Å². The highest BCUT2D eigenvalue weighted by Gasteiger charge is 2.52. The molecule has 35 heavy (non-hydrogen) atoms. The minimum absolute atomic E-state index is 0.0317. The van der Waals surface area contributed by atoms with Crippen LogP contribution in [0.2, 0.25) is 0 Å². The van der Waals surface area contributed by atoms with Crippen molar-refractivity contribution in [1.29, 1.82) is 0 Å². The van der Waals surface area contributed by atoms with Crippen molar-refractivity contribution in [3.05, 3.63) is 52.8 Å². The maximum absolute atomic E-state index is 16.0. The van der Waals surface area contributed by atoms with E-state index in [-0.39, 0.29) is 38.3 Å². The quantitative estimate of drug-likeness (QED) is 0.319. The summed E-state index contributed by atoms with van der Waals surface area (Å²) < 4.78 is 42.2. The molecular weight excluding hydrogens is 496 g/mol. The Kier molecular flexibility index (Phi) is 7.42. The first-order chi connectivity index (χ1) is 16.8. The van der Waals surface area contributed by atoms with Crippen LogP contribution in [0.3, 0.4) is 0 Å². The number of benzene rings is 1. The third-order valence-electron chi connectivity index (χ3n) is 6.90. The monoisotopic (exact) mass is 525 g/mol. The molecule has 1 aromatic heterocycles. The molecule has 0 bridgehead atoms. The van der Waals surface area contributed by atoms with Crippen molar-refractivity contribution >= 4 is 48.9 Å². The number of pyridine rings is 1. The molecule has 5 rings (SSSR count). The van der Waals surface area contributed by atoms with Crippen molar-refractivity contribution in [2.45, 2.75) is 30.9 Å². The van der Waals surface area contributed by atoms with E-state index in [1.54, 1.807) is 15.7 Å². The largest absolute Gasteiger partial charge is 0.477 e. The van der Waals surface area contributed by atoms with Crippen molar-refractivity contribution < 1.29 is 23.4 Å². The molecule has 1 aliphatic carbocycles. The van der Waals surface area contributed by atoms with Gasteiger partial charge in [0.25, 0.3) is 0 Å². The van der Waals surface area contributed by atoms with Crippen LogP contribution < -0.4 is 15.1 Å². The fraction of sp³-hybridized carbons (Fsp3) is 0.458. The molecule has 2 aliphatic heterocycles. The van der Waals surface area contributed by atoms with E-state index in [1.807, 2.05) is 6.26 Å². The molecule has 0 radical (unpaired) electrons. The Morgan fingerprint density at radius 2 is 2.09 bits per heavy atom. The topological polar surface area (TPSA) is 83.8 Å². The number of carbonyl (C=O) groups is 1. The fourth-order valence-electron chi connectivity index (χ4n) is 5.07. The average molecular weight is 526 g/mol. The van der Waals surface area contributed by atoms with Gasteiger partial charge in [-0.25, -0.2) is 13.6 Å². The molecule has 3 aliphatic rings. The number of aromatic nitrogens is 1. The number of carboxylic acids is 1. The summed E-state index contributed by atoms with van der Waals surface area (Å²) in [6.07, 6.45) is 5.46. The van der Waals surface area contributed by atoms with E-state index in [0.29, 0.717) is 26.2 Å². The van der Waals surface area contributed by atoms with Crippen LogP contribution in [0.1, 0.15) is 35.7 Å². The van der Waals surface area contributed by atoms with Crippen molar-refractivity contribution in [3.8, 4) is 0 Å². The number of carboxylic acid groups (broad SMARTS) is 1. The normalized spacial score (nSPS) is 24.2. The van der Waals surface area contributed by atoms with Crippen LogP contribution >= 0.6 is 20.5 Å². The summed E-state index contributed by atoms with van der Waals surface area (Å²) in [5.41, 5.74) is -2.13. The highest BCUT2D eigenvalue weighted by atomic mass is 33.1. The summed E-state index contributed by atoms with van der Waals surface area (Å²) in [5.74, 6) is 1.05. The van der Waals surface area contributed by atoms with Gasteiger partial charge in [-0.15, -0.1) is 13.2 Å².